The second-order valence-electron chi connectivity index (χ2n) is 5.05. The van der Waals surface area contributed by atoms with Crippen LogP contribution in [0.2, 0.25) is 0 Å². The molecule has 21 heavy (non-hydrogen) atoms. The molecule has 0 aromatic heterocycles. The van der Waals surface area contributed by atoms with Crippen LogP contribution in [0.3, 0.4) is 0 Å². The van der Waals surface area contributed by atoms with Crippen molar-refractivity contribution in [1.82, 2.24) is 10.2 Å². The maximum atomic E-state index is 11.9. The van der Waals surface area contributed by atoms with Crippen LogP contribution in [-0.4, -0.2) is 37.4 Å². The van der Waals surface area contributed by atoms with Crippen LogP contribution in [-0.2, 0) is 9.59 Å². The Kier molecular flexibility index (Phi) is 6.72. The molecule has 0 radical (unpaired) electrons. The number of rotatable bonds is 6. The van der Waals surface area contributed by atoms with E-state index in [1.807, 2.05) is 38.1 Å². The molecule has 5 nitrogen and oxygen atoms in total. The fraction of sp³-hybridized carbons (Fsp3) is 0.500. The van der Waals surface area contributed by atoms with Gasteiger partial charge in [0.2, 0.25) is 0 Å². The highest BCUT2D eigenvalue weighted by Crippen LogP contribution is 2.17. The molecule has 1 atom stereocenters. The van der Waals surface area contributed by atoms with E-state index in [0.29, 0.717) is 6.54 Å². The summed E-state index contributed by atoms with van der Waals surface area (Å²) in [4.78, 5) is 25.3. The first kappa shape index (κ1) is 17.0. The Hall–Kier alpha value is -2.04. The lowest BCUT2D eigenvalue weighted by atomic mass is 10.1. The van der Waals surface area contributed by atoms with Crippen LogP contribution in [0.5, 0.6) is 5.75 Å². The molecule has 0 fully saturated rings. The third-order valence-electron chi connectivity index (χ3n) is 3.35. The van der Waals surface area contributed by atoms with Crippen LogP contribution >= 0.6 is 0 Å². The number of amides is 2. The number of carbonyl (C=O) groups excluding carboxylic acids is 2. The summed E-state index contributed by atoms with van der Waals surface area (Å²) >= 11 is 0. The molecule has 0 heterocycles. The zero-order valence-electron chi connectivity index (χ0n) is 13.2. The van der Waals surface area contributed by atoms with Gasteiger partial charge in [0.05, 0.1) is 13.2 Å². The summed E-state index contributed by atoms with van der Waals surface area (Å²) in [6.07, 6.45) is 1.88. The fourth-order valence-corrected chi connectivity index (χ4v) is 1.90. The Labute approximate surface area is 126 Å². The van der Waals surface area contributed by atoms with E-state index in [0.717, 1.165) is 24.2 Å². The maximum absolute atomic E-state index is 11.9. The molecule has 1 rings (SSSR count). The van der Waals surface area contributed by atoms with Crippen LogP contribution in [0.1, 0.15) is 38.3 Å². The second kappa shape index (κ2) is 8.29. The number of hydrogen-bond donors (Lipinski definition) is 1. The molecule has 0 aliphatic carbocycles. The molecule has 0 aliphatic rings. The van der Waals surface area contributed by atoms with Crippen molar-refractivity contribution in [2.75, 3.05) is 20.7 Å². The summed E-state index contributed by atoms with van der Waals surface area (Å²) in [5.74, 6) is -0.312. The van der Waals surface area contributed by atoms with Crippen molar-refractivity contribution in [2.45, 2.75) is 32.7 Å². The predicted octanol–water partition coefficient (Wildman–Crippen LogP) is 2.13. The van der Waals surface area contributed by atoms with Gasteiger partial charge in [-0.15, -0.1) is 0 Å². The standard InChI is InChI=1S/C16H24N2O3/c1-5-6-11-18(3)16(20)15(19)17-12(2)13-7-9-14(21-4)10-8-13/h7-10,12H,5-6,11H2,1-4H3,(H,17,19). The molecule has 0 saturated heterocycles. The van der Waals surface area contributed by atoms with Crippen LogP contribution in [0.25, 0.3) is 0 Å². The Balaban J connectivity index is 2.58. The predicted molar refractivity (Wildman–Crippen MR) is 82.1 cm³/mol. The Morgan fingerprint density at radius 3 is 2.43 bits per heavy atom. The first-order valence-corrected chi connectivity index (χ1v) is 7.19. The molecular formula is C16H24N2O3. The molecule has 1 unspecified atom stereocenters. The van der Waals surface area contributed by atoms with Gasteiger partial charge >= 0.3 is 11.8 Å². The van der Waals surface area contributed by atoms with Crippen LogP contribution in [0.15, 0.2) is 24.3 Å². The first-order valence-electron chi connectivity index (χ1n) is 7.19. The minimum Gasteiger partial charge on any atom is -0.497 e. The monoisotopic (exact) mass is 292 g/mol. The summed E-state index contributed by atoms with van der Waals surface area (Å²) in [5, 5.41) is 2.72. The lowest BCUT2D eigenvalue weighted by Crippen LogP contribution is -2.42. The Bertz CT molecular complexity index is 471. The summed E-state index contributed by atoms with van der Waals surface area (Å²) in [6.45, 7) is 4.49. The fourth-order valence-electron chi connectivity index (χ4n) is 1.90. The van der Waals surface area contributed by atoms with E-state index < -0.39 is 11.8 Å². The topological polar surface area (TPSA) is 58.6 Å². The van der Waals surface area contributed by atoms with Crippen molar-refractivity contribution < 1.29 is 14.3 Å². The van der Waals surface area contributed by atoms with Gasteiger partial charge in [-0.3, -0.25) is 9.59 Å². The van der Waals surface area contributed by atoms with E-state index in [9.17, 15) is 9.59 Å². The number of methoxy groups -OCH3 is 1. The van der Waals surface area contributed by atoms with Gasteiger partial charge in [-0.2, -0.15) is 0 Å². The molecule has 1 N–H and O–H groups in total. The molecule has 2 amide bonds. The average molecular weight is 292 g/mol. The van der Waals surface area contributed by atoms with Gasteiger partial charge in [0, 0.05) is 13.6 Å². The van der Waals surface area contributed by atoms with E-state index >= 15 is 0 Å². The van der Waals surface area contributed by atoms with Crippen LogP contribution in [0, 0.1) is 0 Å². The summed E-state index contributed by atoms with van der Waals surface area (Å²) in [7, 11) is 3.25. The molecule has 1 aromatic carbocycles. The number of ether oxygens (including phenoxy) is 1. The lowest BCUT2D eigenvalue weighted by Gasteiger charge is -2.19. The molecule has 1 aromatic rings. The number of carbonyl (C=O) groups is 2. The number of benzene rings is 1. The first-order chi connectivity index (χ1) is 9.99. The highest BCUT2D eigenvalue weighted by molar-refractivity contribution is 6.35. The third-order valence-corrected chi connectivity index (χ3v) is 3.35. The molecule has 5 heteroatoms. The molecule has 0 spiro atoms. The smallest absolute Gasteiger partial charge is 0.311 e. The summed E-state index contributed by atoms with van der Waals surface area (Å²) in [6, 6.07) is 7.16. The Morgan fingerprint density at radius 2 is 1.90 bits per heavy atom. The van der Waals surface area contributed by atoms with Gasteiger partial charge < -0.3 is 15.0 Å². The summed E-state index contributed by atoms with van der Waals surface area (Å²) in [5.41, 5.74) is 0.924. The highest BCUT2D eigenvalue weighted by Gasteiger charge is 2.20. The van der Waals surface area contributed by atoms with Gasteiger partial charge in [0.1, 0.15) is 5.75 Å². The average Bonchev–Trinajstić information content (AvgIpc) is 2.51. The molecule has 0 saturated carbocycles. The zero-order valence-corrected chi connectivity index (χ0v) is 13.2. The maximum Gasteiger partial charge on any atom is 0.311 e. The van der Waals surface area contributed by atoms with Crippen LogP contribution < -0.4 is 10.1 Å². The molecular weight excluding hydrogens is 268 g/mol. The van der Waals surface area contributed by atoms with Crippen molar-refractivity contribution in [2.24, 2.45) is 0 Å². The van der Waals surface area contributed by atoms with Gasteiger partial charge in [0.15, 0.2) is 0 Å². The van der Waals surface area contributed by atoms with E-state index in [1.165, 1.54) is 4.90 Å². The minimum atomic E-state index is -0.572. The number of nitrogens with one attached hydrogen (secondary N) is 1. The van der Waals surface area contributed by atoms with Crippen molar-refractivity contribution in [1.29, 1.82) is 0 Å². The van der Waals surface area contributed by atoms with Crippen molar-refractivity contribution >= 4 is 11.8 Å². The van der Waals surface area contributed by atoms with E-state index in [1.54, 1.807) is 14.2 Å². The van der Waals surface area contributed by atoms with E-state index in [2.05, 4.69) is 5.32 Å². The molecule has 0 aliphatic heterocycles. The zero-order chi connectivity index (χ0) is 15.8. The highest BCUT2D eigenvalue weighted by atomic mass is 16.5. The van der Waals surface area contributed by atoms with Gasteiger partial charge in [0.25, 0.3) is 0 Å². The summed E-state index contributed by atoms with van der Waals surface area (Å²) < 4.78 is 5.09. The van der Waals surface area contributed by atoms with E-state index in [-0.39, 0.29) is 6.04 Å². The van der Waals surface area contributed by atoms with Crippen LogP contribution in [0.4, 0.5) is 0 Å². The van der Waals surface area contributed by atoms with Gasteiger partial charge in [-0.25, -0.2) is 0 Å². The normalized spacial score (nSPS) is 11.6. The van der Waals surface area contributed by atoms with E-state index in [4.69, 9.17) is 4.74 Å². The number of likely N-dealkylation sites (N-methyl/N-ethyl adjacent to an activating group) is 1. The van der Waals surface area contributed by atoms with Gasteiger partial charge in [-0.1, -0.05) is 25.5 Å². The van der Waals surface area contributed by atoms with Crippen molar-refractivity contribution in [3.8, 4) is 5.75 Å². The largest absolute Gasteiger partial charge is 0.497 e. The van der Waals surface area contributed by atoms with Crippen molar-refractivity contribution in [3.63, 3.8) is 0 Å². The van der Waals surface area contributed by atoms with Gasteiger partial charge in [-0.05, 0) is 31.0 Å². The lowest BCUT2D eigenvalue weighted by molar-refractivity contribution is -0.145. The van der Waals surface area contributed by atoms with Crippen molar-refractivity contribution in [3.05, 3.63) is 29.8 Å². The second-order valence-corrected chi connectivity index (χ2v) is 5.05. The number of hydrogen-bond acceptors (Lipinski definition) is 3. The SMILES string of the molecule is CCCCN(C)C(=O)C(=O)NC(C)c1ccc(OC)cc1. The quantitative estimate of drug-likeness (QED) is 0.817. The number of nitrogens with zero attached hydrogens (tertiary/aromatic N) is 1. The minimum absolute atomic E-state index is 0.230. The molecule has 116 valence electrons. The number of unbranched alkanes of at least 4 members (excludes halogenated alkanes) is 1. The molecule has 0 bridgehead atoms. The Morgan fingerprint density at radius 1 is 1.29 bits per heavy atom. The third kappa shape index (κ3) is 5.10.